The maximum absolute atomic E-state index is 5.57. The SMILES string of the molecule is COCNCC(C)(C)c1ccc2nc(C)oc2c1. The standard InChI is InChI=1S/C14H20N2O2/c1-10-16-12-6-5-11(7-13(12)18-10)14(2,3)8-15-9-17-4/h5-7,15H,8-9H2,1-4H3. The largest absolute Gasteiger partial charge is 0.441 e. The van der Waals surface area contributed by atoms with E-state index in [1.807, 2.05) is 13.0 Å². The Bertz CT molecular complexity index is 532. The highest BCUT2D eigenvalue weighted by molar-refractivity contribution is 5.73. The van der Waals surface area contributed by atoms with E-state index in [-0.39, 0.29) is 5.41 Å². The number of ether oxygens (including phenoxy) is 1. The Morgan fingerprint density at radius 1 is 1.39 bits per heavy atom. The number of aromatic nitrogens is 1. The van der Waals surface area contributed by atoms with E-state index in [2.05, 4.69) is 36.3 Å². The minimum absolute atomic E-state index is 0.0212. The van der Waals surface area contributed by atoms with E-state index in [1.165, 1.54) is 5.56 Å². The zero-order chi connectivity index (χ0) is 13.2. The monoisotopic (exact) mass is 248 g/mol. The number of rotatable bonds is 5. The summed E-state index contributed by atoms with van der Waals surface area (Å²) in [6.07, 6.45) is 0. The molecular weight excluding hydrogens is 228 g/mol. The van der Waals surface area contributed by atoms with Crippen LogP contribution in [0.5, 0.6) is 0 Å². The van der Waals surface area contributed by atoms with Crippen LogP contribution in [0.4, 0.5) is 0 Å². The number of hydrogen-bond donors (Lipinski definition) is 1. The van der Waals surface area contributed by atoms with Crippen molar-refractivity contribution < 1.29 is 9.15 Å². The summed E-state index contributed by atoms with van der Waals surface area (Å²) in [6.45, 7) is 7.66. The Labute approximate surface area is 107 Å². The smallest absolute Gasteiger partial charge is 0.192 e. The van der Waals surface area contributed by atoms with Crippen molar-refractivity contribution in [3.8, 4) is 0 Å². The van der Waals surface area contributed by atoms with E-state index in [0.717, 1.165) is 17.6 Å². The summed E-state index contributed by atoms with van der Waals surface area (Å²) < 4.78 is 10.6. The average molecular weight is 248 g/mol. The van der Waals surface area contributed by atoms with Crippen molar-refractivity contribution in [3.05, 3.63) is 29.7 Å². The van der Waals surface area contributed by atoms with Crippen molar-refractivity contribution in [2.24, 2.45) is 0 Å². The van der Waals surface area contributed by atoms with Gasteiger partial charge in [0, 0.05) is 26.0 Å². The van der Waals surface area contributed by atoms with Crippen LogP contribution in [0.3, 0.4) is 0 Å². The highest BCUT2D eigenvalue weighted by atomic mass is 16.5. The van der Waals surface area contributed by atoms with Crippen LogP contribution in [-0.2, 0) is 10.2 Å². The van der Waals surface area contributed by atoms with Gasteiger partial charge in [-0.2, -0.15) is 0 Å². The number of nitrogens with one attached hydrogen (secondary N) is 1. The molecule has 4 nitrogen and oxygen atoms in total. The predicted molar refractivity (Wildman–Crippen MR) is 71.7 cm³/mol. The second kappa shape index (κ2) is 5.08. The molecule has 0 aliphatic heterocycles. The molecule has 98 valence electrons. The summed E-state index contributed by atoms with van der Waals surface area (Å²) in [5.74, 6) is 0.706. The van der Waals surface area contributed by atoms with Crippen LogP contribution in [0.1, 0.15) is 25.3 Å². The molecule has 0 saturated carbocycles. The number of fused-ring (bicyclic) bond motifs is 1. The lowest BCUT2D eigenvalue weighted by atomic mass is 9.84. The van der Waals surface area contributed by atoms with Crippen LogP contribution in [0.25, 0.3) is 11.1 Å². The van der Waals surface area contributed by atoms with E-state index >= 15 is 0 Å². The Hall–Kier alpha value is -1.39. The topological polar surface area (TPSA) is 47.3 Å². The summed E-state index contributed by atoms with van der Waals surface area (Å²) in [4.78, 5) is 4.31. The van der Waals surface area contributed by atoms with Gasteiger partial charge in [-0.05, 0) is 17.7 Å². The Morgan fingerprint density at radius 3 is 2.89 bits per heavy atom. The zero-order valence-corrected chi connectivity index (χ0v) is 11.4. The molecule has 0 radical (unpaired) electrons. The van der Waals surface area contributed by atoms with Crippen molar-refractivity contribution >= 4 is 11.1 Å². The molecule has 0 spiro atoms. The van der Waals surface area contributed by atoms with Crippen LogP contribution in [0, 0.1) is 6.92 Å². The molecule has 0 aliphatic rings. The normalized spacial score (nSPS) is 12.2. The lowest BCUT2D eigenvalue weighted by molar-refractivity contribution is 0.169. The zero-order valence-electron chi connectivity index (χ0n) is 11.4. The summed E-state index contributed by atoms with van der Waals surface area (Å²) in [7, 11) is 1.68. The number of methoxy groups -OCH3 is 1. The van der Waals surface area contributed by atoms with Crippen LogP contribution in [0.2, 0.25) is 0 Å². The van der Waals surface area contributed by atoms with Crippen LogP contribution in [0.15, 0.2) is 22.6 Å². The lowest BCUT2D eigenvalue weighted by Crippen LogP contribution is -2.33. The van der Waals surface area contributed by atoms with Gasteiger partial charge in [-0.1, -0.05) is 19.9 Å². The third-order valence-electron chi connectivity index (χ3n) is 3.09. The highest BCUT2D eigenvalue weighted by Crippen LogP contribution is 2.26. The first-order valence-corrected chi connectivity index (χ1v) is 6.10. The highest BCUT2D eigenvalue weighted by Gasteiger charge is 2.21. The molecule has 0 aliphatic carbocycles. The predicted octanol–water partition coefficient (Wildman–Crippen LogP) is 2.61. The van der Waals surface area contributed by atoms with E-state index < -0.39 is 0 Å². The third-order valence-corrected chi connectivity index (χ3v) is 3.09. The number of oxazole rings is 1. The Kier molecular flexibility index (Phi) is 3.68. The number of nitrogens with zero attached hydrogens (tertiary/aromatic N) is 1. The molecule has 0 amide bonds. The number of aryl methyl sites for hydroxylation is 1. The molecule has 4 heteroatoms. The van der Waals surface area contributed by atoms with Gasteiger partial charge in [0.1, 0.15) is 5.52 Å². The lowest BCUT2D eigenvalue weighted by Gasteiger charge is -2.25. The number of benzene rings is 1. The van der Waals surface area contributed by atoms with Crippen molar-refractivity contribution in [1.82, 2.24) is 10.3 Å². The first kappa shape index (κ1) is 13.1. The maximum Gasteiger partial charge on any atom is 0.192 e. The van der Waals surface area contributed by atoms with Gasteiger partial charge in [0.05, 0.1) is 6.73 Å². The first-order valence-electron chi connectivity index (χ1n) is 6.10. The minimum atomic E-state index is 0.0212. The van der Waals surface area contributed by atoms with Gasteiger partial charge in [-0.15, -0.1) is 0 Å². The van der Waals surface area contributed by atoms with Gasteiger partial charge < -0.3 is 9.15 Å². The minimum Gasteiger partial charge on any atom is -0.441 e. The van der Waals surface area contributed by atoms with E-state index in [0.29, 0.717) is 12.6 Å². The fraction of sp³-hybridized carbons (Fsp3) is 0.500. The van der Waals surface area contributed by atoms with E-state index in [9.17, 15) is 0 Å². The molecule has 2 aromatic rings. The van der Waals surface area contributed by atoms with Crippen molar-refractivity contribution in [2.45, 2.75) is 26.2 Å². The second-order valence-corrected chi connectivity index (χ2v) is 5.16. The molecular formula is C14H20N2O2. The van der Waals surface area contributed by atoms with Gasteiger partial charge >= 0.3 is 0 Å². The molecule has 1 aromatic carbocycles. The van der Waals surface area contributed by atoms with E-state index in [1.54, 1.807) is 7.11 Å². The quantitative estimate of drug-likeness (QED) is 0.652. The summed E-state index contributed by atoms with van der Waals surface area (Å²) in [5.41, 5.74) is 3.02. The second-order valence-electron chi connectivity index (χ2n) is 5.16. The fourth-order valence-corrected chi connectivity index (χ4v) is 2.03. The Morgan fingerprint density at radius 2 is 2.17 bits per heavy atom. The van der Waals surface area contributed by atoms with Crippen LogP contribution >= 0.6 is 0 Å². The van der Waals surface area contributed by atoms with E-state index in [4.69, 9.17) is 9.15 Å². The molecule has 2 rings (SSSR count). The summed E-state index contributed by atoms with van der Waals surface area (Å²) >= 11 is 0. The van der Waals surface area contributed by atoms with Crippen molar-refractivity contribution in [2.75, 3.05) is 20.4 Å². The fourth-order valence-electron chi connectivity index (χ4n) is 2.03. The van der Waals surface area contributed by atoms with Gasteiger partial charge in [0.2, 0.25) is 0 Å². The molecule has 0 unspecified atom stereocenters. The summed E-state index contributed by atoms with van der Waals surface area (Å²) in [5, 5.41) is 3.26. The van der Waals surface area contributed by atoms with Crippen molar-refractivity contribution in [3.63, 3.8) is 0 Å². The molecule has 1 heterocycles. The van der Waals surface area contributed by atoms with Gasteiger partial charge in [-0.3, -0.25) is 5.32 Å². The summed E-state index contributed by atoms with van der Waals surface area (Å²) in [6, 6.07) is 6.20. The average Bonchev–Trinajstić information content (AvgIpc) is 2.68. The van der Waals surface area contributed by atoms with Gasteiger partial charge in [-0.25, -0.2) is 4.98 Å². The number of hydrogen-bond acceptors (Lipinski definition) is 4. The molecule has 1 N–H and O–H groups in total. The van der Waals surface area contributed by atoms with Gasteiger partial charge in [0.25, 0.3) is 0 Å². The Balaban J connectivity index is 2.23. The maximum atomic E-state index is 5.57. The molecule has 18 heavy (non-hydrogen) atoms. The first-order chi connectivity index (χ1) is 8.53. The van der Waals surface area contributed by atoms with Crippen molar-refractivity contribution in [1.29, 1.82) is 0 Å². The molecule has 0 fully saturated rings. The molecule has 1 aromatic heterocycles. The molecule has 0 atom stereocenters. The third kappa shape index (κ3) is 2.71. The van der Waals surface area contributed by atoms with Crippen LogP contribution < -0.4 is 5.32 Å². The molecule has 0 bridgehead atoms. The molecule has 0 saturated heterocycles. The van der Waals surface area contributed by atoms with Crippen LogP contribution in [-0.4, -0.2) is 25.4 Å². The van der Waals surface area contributed by atoms with Gasteiger partial charge in [0.15, 0.2) is 11.5 Å².